The molecular formula is C25H28INO7S. The summed E-state index contributed by atoms with van der Waals surface area (Å²) in [4.78, 5) is 47.2. The number of carbonyl (C=O) groups is 3. The fraction of sp³-hybridized carbons (Fsp3) is 0.400. The molecule has 0 heterocycles. The summed E-state index contributed by atoms with van der Waals surface area (Å²) < 4.78 is 6.13. The fourth-order valence-corrected chi connectivity index (χ4v) is 5.08. The van der Waals surface area contributed by atoms with Crippen LogP contribution < -0.4 is 0 Å². The maximum atomic E-state index is 13.2. The number of unbranched alkanes of at least 4 members (excludes halogenated alkanes) is 1. The first-order valence-corrected chi connectivity index (χ1v) is 13.3. The summed E-state index contributed by atoms with van der Waals surface area (Å²) >= 11 is 3.06. The number of halogens is 1. The number of aldehydes is 2. The Bertz CT molecular complexity index is 1080. The van der Waals surface area contributed by atoms with Crippen molar-refractivity contribution in [2.75, 3.05) is 12.4 Å². The highest BCUT2D eigenvalue weighted by atomic mass is 127. The van der Waals surface area contributed by atoms with E-state index in [1.54, 1.807) is 12.1 Å². The highest BCUT2D eigenvalue weighted by molar-refractivity contribution is 14.1. The number of nitrogens with zero attached hydrogens (tertiary/aromatic N) is 1. The standard InChI is InChI=1S/C25H28INO7S/c1-3-5-6-16(4-2)14-34-25(31)20(23-18(13-29)8-10-21(26)24(23)30)15-35-19-9-7-17(12-28)22(11-19)27(32)33/h7-13,16,20,30H,3-6,14-15H2,1-2H3. The lowest BCUT2D eigenvalue weighted by Crippen LogP contribution is -2.23. The Morgan fingerprint density at radius 3 is 2.49 bits per heavy atom. The van der Waals surface area contributed by atoms with E-state index in [2.05, 4.69) is 6.92 Å². The van der Waals surface area contributed by atoms with Gasteiger partial charge in [-0.1, -0.05) is 39.2 Å². The Morgan fingerprint density at radius 1 is 1.20 bits per heavy atom. The molecule has 2 unspecified atom stereocenters. The second-order valence-electron chi connectivity index (χ2n) is 8.02. The average Bonchev–Trinajstić information content (AvgIpc) is 2.86. The Labute approximate surface area is 222 Å². The number of aromatic hydroxyl groups is 1. The van der Waals surface area contributed by atoms with E-state index in [9.17, 15) is 29.6 Å². The summed E-state index contributed by atoms with van der Waals surface area (Å²) in [5.74, 6) is -1.45. The Kier molecular flexibility index (Phi) is 11.7. The number of esters is 1. The van der Waals surface area contributed by atoms with Crippen LogP contribution in [0.1, 0.15) is 71.7 Å². The van der Waals surface area contributed by atoms with Gasteiger partial charge in [-0.2, -0.15) is 0 Å². The Balaban J connectivity index is 2.36. The van der Waals surface area contributed by atoms with Crippen molar-refractivity contribution in [3.05, 3.63) is 60.7 Å². The van der Waals surface area contributed by atoms with Gasteiger partial charge in [-0.3, -0.25) is 24.5 Å². The van der Waals surface area contributed by atoms with E-state index in [0.717, 1.165) is 37.4 Å². The number of hydrogen-bond donors (Lipinski definition) is 1. The summed E-state index contributed by atoms with van der Waals surface area (Å²) in [6.07, 6.45) is 4.84. The van der Waals surface area contributed by atoms with Crippen molar-refractivity contribution in [3.63, 3.8) is 0 Å². The lowest BCUT2D eigenvalue weighted by Gasteiger charge is -2.21. The van der Waals surface area contributed by atoms with Crippen LogP contribution in [0.2, 0.25) is 0 Å². The SMILES string of the molecule is CCCCC(CC)COC(=O)C(CSc1ccc(C=O)c([N+](=O)[O-])c1)c1c(C=O)ccc(I)c1O. The van der Waals surface area contributed by atoms with Gasteiger partial charge in [0.05, 0.1) is 26.6 Å². The van der Waals surface area contributed by atoms with Crippen LogP contribution in [0.4, 0.5) is 5.69 Å². The van der Waals surface area contributed by atoms with Gasteiger partial charge < -0.3 is 9.84 Å². The minimum absolute atomic E-state index is 0.0495. The average molecular weight is 613 g/mol. The second kappa shape index (κ2) is 14.2. The maximum Gasteiger partial charge on any atom is 0.314 e. The number of carbonyl (C=O) groups excluding carboxylic acids is 3. The number of phenolic OH excluding ortho intramolecular Hbond substituents is 1. The molecule has 2 atom stereocenters. The second-order valence-corrected chi connectivity index (χ2v) is 10.3. The molecule has 35 heavy (non-hydrogen) atoms. The number of hydrogen-bond acceptors (Lipinski definition) is 8. The predicted molar refractivity (Wildman–Crippen MR) is 142 cm³/mol. The van der Waals surface area contributed by atoms with E-state index >= 15 is 0 Å². The van der Waals surface area contributed by atoms with Crippen LogP contribution in [0, 0.1) is 19.6 Å². The van der Waals surface area contributed by atoms with Crippen molar-refractivity contribution in [3.8, 4) is 5.75 Å². The van der Waals surface area contributed by atoms with Crippen molar-refractivity contribution in [1.82, 2.24) is 0 Å². The van der Waals surface area contributed by atoms with Gasteiger partial charge in [0.15, 0.2) is 6.29 Å². The number of rotatable bonds is 14. The van der Waals surface area contributed by atoms with Crippen molar-refractivity contribution in [2.24, 2.45) is 5.92 Å². The predicted octanol–water partition coefficient (Wildman–Crippen LogP) is 6.17. The van der Waals surface area contributed by atoms with Crippen LogP contribution in [0.15, 0.2) is 35.2 Å². The van der Waals surface area contributed by atoms with E-state index in [4.69, 9.17) is 4.74 Å². The third-order valence-corrected chi connectivity index (χ3v) is 7.67. The largest absolute Gasteiger partial charge is 0.507 e. The number of thioether (sulfide) groups is 1. The third kappa shape index (κ3) is 7.76. The first-order valence-electron chi connectivity index (χ1n) is 11.3. The topological polar surface area (TPSA) is 124 Å². The fourth-order valence-electron chi connectivity index (χ4n) is 3.58. The summed E-state index contributed by atoms with van der Waals surface area (Å²) in [6.45, 7) is 4.36. The van der Waals surface area contributed by atoms with Crippen LogP contribution >= 0.6 is 34.4 Å². The maximum absolute atomic E-state index is 13.2. The Morgan fingerprint density at radius 2 is 1.89 bits per heavy atom. The molecule has 2 aromatic rings. The molecule has 0 aliphatic carbocycles. The minimum atomic E-state index is -0.983. The molecule has 1 N–H and O–H groups in total. The normalized spacial score (nSPS) is 12.5. The zero-order chi connectivity index (χ0) is 26.0. The molecule has 0 saturated carbocycles. The molecule has 8 nitrogen and oxygen atoms in total. The number of nitro groups is 1. The molecule has 0 saturated heterocycles. The first kappa shape index (κ1) is 28.8. The molecule has 0 amide bonds. The molecule has 10 heteroatoms. The zero-order valence-electron chi connectivity index (χ0n) is 19.6. The lowest BCUT2D eigenvalue weighted by molar-refractivity contribution is -0.385. The minimum Gasteiger partial charge on any atom is -0.507 e. The van der Waals surface area contributed by atoms with Crippen molar-refractivity contribution < 1.29 is 29.2 Å². The molecule has 188 valence electrons. The monoisotopic (exact) mass is 613 g/mol. The van der Waals surface area contributed by atoms with Gasteiger partial charge in [0.1, 0.15) is 12.0 Å². The highest BCUT2D eigenvalue weighted by Gasteiger charge is 2.30. The van der Waals surface area contributed by atoms with Crippen LogP contribution in [-0.2, 0) is 9.53 Å². The molecule has 0 aliphatic heterocycles. The van der Waals surface area contributed by atoms with Crippen molar-refractivity contribution >= 4 is 58.6 Å². The molecule has 0 bridgehead atoms. The number of phenols is 1. The zero-order valence-corrected chi connectivity index (χ0v) is 22.5. The van der Waals surface area contributed by atoms with Gasteiger partial charge in [0, 0.05) is 27.8 Å². The molecule has 0 spiro atoms. The van der Waals surface area contributed by atoms with E-state index in [0.29, 0.717) is 21.0 Å². The summed E-state index contributed by atoms with van der Waals surface area (Å²) in [5, 5.41) is 22.0. The van der Waals surface area contributed by atoms with Gasteiger partial charge >= 0.3 is 5.97 Å². The molecule has 0 radical (unpaired) electrons. The first-order chi connectivity index (χ1) is 16.8. The van der Waals surface area contributed by atoms with E-state index in [1.165, 1.54) is 18.2 Å². The van der Waals surface area contributed by atoms with Crippen molar-refractivity contribution in [2.45, 2.75) is 50.3 Å². The summed E-state index contributed by atoms with van der Waals surface area (Å²) in [5.41, 5.74) is -0.0428. The smallest absolute Gasteiger partial charge is 0.314 e. The summed E-state index contributed by atoms with van der Waals surface area (Å²) in [7, 11) is 0. The van der Waals surface area contributed by atoms with Gasteiger partial charge in [-0.25, -0.2) is 0 Å². The van der Waals surface area contributed by atoms with Crippen LogP contribution in [-0.4, -0.2) is 40.9 Å². The van der Waals surface area contributed by atoms with Gasteiger partial charge in [0.2, 0.25) is 0 Å². The third-order valence-electron chi connectivity index (χ3n) is 5.71. The number of nitro benzene ring substituents is 1. The van der Waals surface area contributed by atoms with Crippen LogP contribution in [0.5, 0.6) is 5.75 Å². The van der Waals surface area contributed by atoms with Gasteiger partial charge in [-0.15, -0.1) is 11.8 Å². The number of ether oxygens (including phenoxy) is 1. The molecule has 2 rings (SSSR count). The van der Waals surface area contributed by atoms with E-state index in [1.807, 2.05) is 29.5 Å². The molecule has 0 aliphatic rings. The highest BCUT2D eigenvalue weighted by Crippen LogP contribution is 2.38. The van der Waals surface area contributed by atoms with Crippen LogP contribution in [0.25, 0.3) is 0 Å². The molecular weight excluding hydrogens is 585 g/mol. The Hall–Kier alpha value is -2.47. The quantitative estimate of drug-likeness (QED) is 0.0671. The van der Waals surface area contributed by atoms with Gasteiger partial charge in [-0.05, 0) is 53.1 Å². The lowest BCUT2D eigenvalue weighted by atomic mass is 9.94. The molecule has 0 fully saturated rings. The van der Waals surface area contributed by atoms with Crippen LogP contribution in [0.3, 0.4) is 0 Å². The van der Waals surface area contributed by atoms with Gasteiger partial charge in [0.25, 0.3) is 5.69 Å². The van der Waals surface area contributed by atoms with E-state index in [-0.39, 0.29) is 46.4 Å². The molecule has 0 aromatic heterocycles. The van der Waals surface area contributed by atoms with E-state index < -0.39 is 16.8 Å². The number of benzene rings is 2. The summed E-state index contributed by atoms with van der Waals surface area (Å²) in [6, 6.07) is 7.29. The van der Waals surface area contributed by atoms with Crippen molar-refractivity contribution in [1.29, 1.82) is 0 Å². The molecule has 2 aromatic carbocycles.